The van der Waals surface area contributed by atoms with Crippen LogP contribution >= 0.6 is 0 Å². The van der Waals surface area contributed by atoms with E-state index in [1.807, 2.05) is 0 Å². The van der Waals surface area contributed by atoms with Crippen molar-refractivity contribution in [3.63, 3.8) is 0 Å². The van der Waals surface area contributed by atoms with Crippen LogP contribution in [-0.4, -0.2) is 23.7 Å². The van der Waals surface area contributed by atoms with Crippen molar-refractivity contribution in [3.8, 4) is 0 Å². The first kappa shape index (κ1) is 12.7. The van der Waals surface area contributed by atoms with Crippen molar-refractivity contribution in [1.29, 1.82) is 0 Å². The molecule has 3 nitrogen and oxygen atoms in total. The molecule has 1 aromatic rings. The Kier molecular flexibility index (Phi) is 3.12. The average Bonchev–Trinajstić information content (AvgIpc) is 3.10. The first-order valence-corrected chi connectivity index (χ1v) is 6.46. The largest absolute Gasteiger partial charge is 0.419 e. The fourth-order valence-corrected chi connectivity index (χ4v) is 2.58. The molecule has 19 heavy (non-hydrogen) atoms. The van der Waals surface area contributed by atoms with Gasteiger partial charge in [-0.1, -0.05) is 0 Å². The number of hydrogen-bond donors (Lipinski definition) is 1. The maximum Gasteiger partial charge on any atom is 0.419 e. The molecule has 0 spiro atoms. The van der Waals surface area contributed by atoms with Gasteiger partial charge in [-0.3, -0.25) is 0 Å². The summed E-state index contributed by atoms with van der Waals surface area (Å²) in [5.74, 6) is 0.411. The Hall–Kier alpha value is -1.30. The molecule has 2 unspecified atom stereocenters. The summed E-state index contributed by atoms with van der Waals surface area (Å²) in [6.07, 6.45) is -0.0308. The van der Waals surface area contributed by atoms with Crippen molar-refractivity contribution in [1.82, 2.24) is 4.98 Å². The molecule has 0 amide bonds. The van der Waals surface area contributed by atoms with Crippen molar-refractivity contribution in [2.75, 3.05) is 11.9 Å². The van der Waals surface area contributed by atoms with E-state index in [2.05, 4.69) is 10.3 Å². The Morgan fingerprint density at radius 1 is 1.26 bits per heavy atom. The molecule has 1 saturated heterocycles. The predicted molar refractivity (Wildman–Crippen MR) is 63.7 cm³/mol. The molecule has 1 N–H and O–H groups in total. The minimum atomic E-state index is -4.38. The van der Waals surface area contributed by atoms with Crippen LogP contribution in [0.2, 0.25) is 0 Å². The minimum absolute atomic E-state index is 0.0306. The molecule has 2 fully saturated rings. The minimum Gasteiger partial charge on any atom is -0.376 e. The van der Waals surface area contributed by atoms with Crippen LogP contribution in [0, 0.1) is 5.92 Å². The number of hydrogen-bond acceptors (Lipinski definition) is 3. The van der Waals surface area contributed by atoms with Gasteiger partial charge in [-0.2, -0.15) is 13.2 Å². The summed E-state index contributed by atoms with van der Waals surface area (Å²) in [6.45, 7) is 0.604. The summed E-state index contributed by atoms with van der Waals surface area (Å²) in [7, 11) is 0. The Morgan fingerprint density at radius 2 is 2.05 bits per heavy atom. The highest BCUT2D eigenvalue weighted by Crippen LogP contribution is 2.40. The van der Waals surface area contributed by atoms with Crippen molar-refractivity contribution >= 4 is 5.82 Å². The SMILES string of the molecule is FC(F)(F)c1cccnc1NC1CCOC1C1CC1. The van der Waals surface area contributed by atoms with Gasteiger partial charge in [0.2, 0.25) is 0 Å². The summed E-state index contributed by atoms with van der Waals surface area (Å²) in [6, 6.07) is 2.29. The van der Waals surface area contributed by atoms with E-state index in [4.69, 9.17) is 4.74 Å². The lowest BCUT2D eigenvalue weighted by atomic mass is 10.1. The molecule has 2 atom stereocenters. The number of anilines is 1. The molecule has 0 aromatic carbocycles. The quantitative estimate of drug-likeness (QED) is 0.918. The van der Waals surface area contributed by atoms with Gasteiger partial charge in [-0.25, -0.2) is 4.98 Å². The summed E-state index contributed by atoms with van der Waals surface area (Å²) < 4.78 is 44.3. The fraction of sp³-hybridized carbons (Fsp3) is 0.615. The number of ether oxygens (including phenoxy) is 1. The smallest absolute Gasteiger partial charge is 0.376 e. The van der Waals surface area contributed by atoms with E-state index in [0.29, 0.717) is 12.5 Å². The molecule has 1 saturated carbocycles. The van der Waals surface area contributed by atoms with Crippen LogP contribution in [0.15, 0.2) is 18.3 Å². The van der Waals surface area contributed by atoms with Gasteiger partial charge in [0.05, 0.1) is 17.7 Å². The number of rotatable bonds is 3. The Labute approximate surface area is 109 Å². The summed E-state index contributed by atoms with van der Waals surface area (Å²) in [5, 5.41) is 2.93. The molecule has 104 valence electrons. The Bertz CT molecular complexity index is 459. The molecular formula is C13H15F3N2O. The standard InChI is InChI=1S/C13H15F3N2O/c14-13(15,16)9-2-1-6-17-12(9)18-10-5-7-19-11(10)8-3-4-8/h1-2,6,8,10-11H,3-5,7H2,(H,17,18). The highest BCUT2D eigenvalue weighted by molar-refractivity contribution is 5.46. The maximum absolute atomic E-state index is 12.9. The third kappa shape index (κ3) is 2.68. The van der Waals surface area contributed by atoms with Gasteiger partial charge in [-0.15, -0.1) is 0 Å². The number of nitrogens with one attached hydrogen (secondary N) is 1. The third-order valence-corrected chi connectivity index (χ3v) is 3.66. The average molecular weight is 272 g/mol. The molecule has 1 aliphatic heterocycles. The van der Waals surface area contributed by atoms with E-state index < -0.39 is 11.7 Å². The second-order valence-corrected chi connectivity index (χ2v) is 5.11. The highest BCUT2D eigenvalue weighted by atomic mass is 19.4. The number of alkyl halides is 3. The van der Waals surface area contributed by atoms with Crippen molar-refractivity contribution in [2.45, 2.75) is 37.6 Å². The van der Waals surface area contributed by atoms with Crippen LogP contribution in [0.3, 0.4) is 0 Å². The van der Waals surface area contributed by atoms with E-state index >= 15 is 0 Å². The summed E-state index contributed by atoms with van der Waals surface area (Å²) >= 11 is 0. The molecular weight excluding hydrogens is 257 g/mol. The van der Waals surface area contributed by atoms with E-state index in [-0.39, 0.29) is 18.0 Å². The van der Waals surface area contributed by atoms with Gasteiger partial charge in [0.25, 0.3) is 0 Å². The number of halogens is 3. The van der Waals surface area contributed by atoms with Gasteiger partial charge < -0.3 is 10.1 Å². The van der Waals surface area contributed by atoms with E-state index in [0.717, 1.165) is 25.3 Å². The molecule has 1 aliphatic carbocycles. The molecule has 6 heteroatoms. The second kappa shape index (κ2) is 4.67. The van der Waals surface area contributed by atoms with Crippen LogP contribution in [0.4, 0.5) is 19.0 Å². The second-order valence-electron chi connectivity index (χ2n) is 5.11. The Morgan fingerprint density at radius 3 is 2.74 bits per heavy atom. The maximum atomic E-state index is 12.9. The molecule has 2 aliphatic rings. The highest BCUT2D eigenvalue weighted by Gasteiger charge is 2.42. The van der Waals surface area contributed by atoms with Crippen LogP contribution in [0.1, 0.15) is 24.8 Å². The van der Waals surface area contributed by atoms with E-state index in [9.17, 15) is 13.2 Å². The molecule has 0 radical (unpaired) electrons. The summed E-state index contributed by atoms with van der Waals surface area (Å²) in [4.78, 5) is 3.84. The third-order valence-electron chi connectivity index (χ3n) is 3.66. The lowest BCUT2D eigenvalue weighted by Gasteiger charge is -2.22. The van der Waals surface area contributed by atoms with Gasteiger partial charge in [0.15, 0.2) is 0 Å². The van der Waals surface area contributed by atoms with Gasteiger partial charge in [0, 0.05) is 12.8 Å². The monoisotopic (exact) mass is 272 g/mol. The number of aromatic nitrogens is 1. The normalized spacial score (nSPS) is 27.5. The van der Waals surface area contributed by atoms with Crippen LogP contribution < -0.4 is 5.32 Å². The number of pyridine rings is 1. The van der Waals surface area contributed by atoms with Gasteiger partial charge in [0.1, 0.15) is 5.82 Å². The first-order valence-electron chi connectivity index (χ1n) is 6.46. The molecule has 3 rings (SSSR count). The molecule has 2 heterocycles. The number of nitrogens with zero attached hydrogens (tertiary/aromatic N) is 1. The van der Waals surface area contributed by atoms with E-state index in [1.165, 1.54) is 12.3 Å². The topological polar surface area (TPSA) is 34.2 Å². The van der Waals surface area contributed by atoms with Crippen molar-refractivity contribution in [2.24, 2.45) is 5.92 Å². The summed E-state index contributed by atoms with van der Waals surface area (Å²) in [5.41, 5.74) is -0.712. The lowest BCUT2D eigenvalue weighted by molar-refractivity contribution is -0.137. The van der Waals surface area contributed by atoms with E-state index in [1.54, 1.807) is 0 Å². The van der Waals surface area contributed by atoms with Crippen molar-refractivity contribution in [3.05, 3.63) is 23.9 Å². The van der Waals surface area contributed by atoms with Crippen molar-refractivity contribution < 1.29 is 17.9 Å². The molecule has 0 bridgehead atoms. The van der Waals surface area contributed by atoms with Crippen LogP contribution in [0.5, 0.6) is 0 Å². The Balaban J connectivity index is 1.79. The van der Waals surface area contributed by atoms with Crippen LogP contribution in [-0.2, 0) is 10.9 Å². The zero-order valence-electron chi connectivity index (χ0n) is 10.3. The zero-order valence-corrected chi connectivity index (χ0v) is 10.3. The molecule has 1 aromatic heterocycles. The van der Waals surface area contributed by atoms with Gasteiger partial charge in [-0.05, 0) is 37.3 Å². The fourth-order valence-electron chi connectivity index (χ4n) is 2.58. The van der Waals surface area contributed by atoms with Gasteiger partial charge >= 0.3 is 6.18 Å². The zero-order chi connectivity index (χ0) is 13.5. The predicted octanol–water partition coefficient (Wildman–Crippen LogP) is 3.08. The van der Waals surface area contributed by atoms with Crippen LogP contribution in [0.25, 0.3) is 0 Å². The lowest BCUT2D eigenvalue weighted by Crippen LogP contribution is -2.32. The first-order chi connectivity index (χ1) is 9.05.